The van der Waals surface area contributed by atoms with E-state index in [9.17, 15) is 4.79 Å². The van der Waals surface area contributed by atoms with E-state index in [4.69, 9.17) is 0 Å². The summed E-state index contributed by atoms with van der Waals surface area (Å²) in [5.41, 5.74) is 2.66. The molecule has 1 aliphatic heterocycles. The number of carbonyl (C=O) groups is 1. The van der Waals surface area contributed by atoms with Crippen LogP contribution in [0.4, 0.5) is 0 Å². The fraction of sp³-hybridized carbons (Fsp3) is 0.526. The number of rotatable bonds is 3. The van der Waals surface area contributed by atoms with Gasteiger partial charge in [0, 0.05) is 32.2 Å². The summed E-state index contributed by atoms with van der Waals surface area (Å²) < 4.78 is 1.81. The molecule has 2 aliphatic rings. The van der Waals surface area contributed by atoms with E-state index in [-0.39, 0.29) is 5.91 Å². The van der Waals surface area contributed by atoms with Gasteiger partial charge in [0.25, 0.3) is 5.91 Å². The molecule has 1 aromatic heterocycles. The molecule has 1 saturated carbocycles. The van der Waals surface area contributed by atoms with Crippen molar-refractivity contribution in [1.29, 1.82) is 0 Å². The molecule has 1 aliphatic carbocycles. The van der Waals surface area contributed by atoms with Gasteiger partial charge in [-0.15, -0.1) is 10.2 Å². The Morgan fingerprint density at radius 3 is 2.60 bits per heavy atom. The lowest BCUT2D eigenvalue weighted by molar-refractivity contribution is 0.0748. The number of hydrogen-bond acceptors (Lipinski definition) is 4. The van der Waals surface area contributed by atoms with Gasteiger partial charge in [0.15, 0.2) is 0 Å². The largest absolute Gasteiger partial charge is 0.337 e. The van der Waals surface area contributed by atoms with Gasteiger partial charge >= 0.3 is 0 Å². The summed E-state index contributed by atoms with van der Waals surface area (Å²) in [6.07, 6.45) is 5.91. The van der Waals surface area contributed by atoms with E-state index in [1.807, 2.05) is 34.6 Å². The first kappa shape index (κ1) is 16.3. The van der Waals surface area contributed by atoms with Crippen molar-refractivity contribution in [3.05, 3.63) is 42.0 Å². The van der Waals surface area contributed by atoms with Gasteiger partial charge in [0.2, 0.25) is 0 Å². The highest BCUT2D eigenvalue weighted by Gasteiger charge is 2.33. The molecule has 2 aromatic rings. The number of benzene rings is 1. The maximum Gasteiger partial charge on any atom is 0.256 e. The molecule has 1 saturated heterocycles. The standard InChI is InChI=1S/C19H25N5O/c1-14-3-6-18(24-12-20-21-13-24)17(9-14)19(25)23-8-7-22(16-4-5-16)10-15(2)11-23/h3,6,9,12-13,15-16H,4-5,7-8,10-11H2,1-2H3/t15-/m0/s1. The molecule has 4 rings (SSSR count). The maximum atomic E-state index is 13.3. The van der Waals surface area contributed by atoms with Crippen LogP contribution in [0, 0.1) is 12.8 Å². The second kappa shape index (κ2) is 6.59. The van der Waals surface area contributed by atoms with E-state index in [1.54, 1.807) is 12.7 Å². The number of amides is 1. The van der Waals surface area contributed by atoms with Crippen LogP contribution >= 0.6 is 0 Å². The average molecular weight is 339 g/mol. The summed E-state index contributed by atoms with van der Waals surface area (Å²) in [6, 6.07) is 6.73. The highest BCUT2D eigenvalue weighted by molar-refractivity contribution is 5.98. The molecule has 0 spiro atoms. The van der Waals surface area contributed by atoms with Crippen LogP contribution in [0.15, 0.2) is 30.9 Å². The van der Waals surface area contributed by atoms with Crippen molar-refractivity contribution in [2.24, 2.45) is 5.92 Å². The number of aromatic nitrogens is 3. The Bertz CT molecular complexity index is 753. The van der Waals surface area contributed by atoms with E-state index in [0.717, 1.165) is 49.0 Å². The summed E-state index contributed by atoms with van der Waals surface area (Å²) in [4.78, 5) is 17.9. The number of aryl methyl sites for hydroxylation is 1. The van der Waals surface area contributed by atoms with Crippen LogP contribution in [0.1, 0.15) is 35.7 Å². The molecule has 0 radical (unpaired) electrons. The molecule has 1 aromatic carbocycles. The molecular formula is C19H25N5O. The minimum atomic E-state index is 0.108. The molecule has 6 heteroatoms. The van der Waals surface area contributed by atoms with Gasteiger partial charge in [-0.3, -0.25) is 14.3 Å². The summed E-state index contributed by atoms with van der Waals surface area (Å²) in [7, 11) is 0. The third-order valence-electron chi connectivity index (χ3n) is 5.17. The molecule has 0 N–H and O–H groups in total. The van der Waals surface area contributed by atoms with Gasteiger partial charge in [-0.1, -0.05) is 18.6 Å². The van der Waals surface area contributed by atoms with Gasteiger partial charge in [-0.2, -0.15) is 0 Å². The lowest BCUT2D eigenvalue weighted by Gasteiger charge is -2.24. The topological polar surface area (TPSA) is 54.3 Å². The normalized spacial score (nSPS) is 22.0. The van der Waals surface area contributed by atoms with E-state index in [0.29, 0.717) is 5.92 Å². The molecule has 2 fully saturated rings. The fourth-order valence-corrected chi connectivity index (χ4v) is 3.76. The van der Waals surface area contributed by atoms with Crippen molar-refractivity contribution in [3.63, 3.8) is 0 Å². The quantitative estimate of drug-likeness (QED) is 0.860. The van der Waals surface area contributed by atoms with Crippen LogP contribution in [-0.2, 0) is 0 Å². The van der Waals surface area contributed by atoms with E-state index in [2.05, 4.69) is 22.0 Å². The Hall–Kier alpha value is -2.21. The van der Waals surface area contributed by atoms with Gasteiger partial charge in [-0.05, 0) is 37.8 Å². The highest BCUT2D eigenvalue weighted by Crippen LogP contribution is 2.29. The maximum absolute atomic E-state index is 13.3. The Balaban J connectivity index is 1.61. The zero-order valence-electron chi connectivity index (χ0n) is 14.9. The predicted molar refractivity (Wildman–Crippen MR) is 95.8 cm³/mol. The second-order valence-corrected chi connectivity index (χ2v) is 7.47. The van der Waals surface area contributed by atoms with Crippen molar-refractivity contribution < 1.29 is 4.79 Å². The lowest BCUT2D eigenvalue weighted by Crippen LogP contribution is -2.36. The van der Waals surface area contributed by atoms with E-state index < -0.39 is 0 Å². The van der Waals surface area contributed by atoms with Crippen molar-refractivity contribution in [3.8, 4) is 5.69 Å². The van der Waals surface area contributed by atoms with Crippen molar-refractivity contribution in [1.82, 2.24) is 24.6 Å². The van der Waals surface area contributed by atoms with E-state index >= 15 is 0 Å². The monoisotopic (exact) mass is 339 g/mol. The summed E-state index contributed by atoms with van der Waals surface area (Å²) in [5.74, 6) is 0.604. The molecule has 1 atom stereocenters. The minimum Gasteiger partial charge on any atom is -0.337 e. The highest BCUT2D eigenvalue weighted by atomic mass is 16.2. The average Bonchev–Trinajstić information content (AvgIpc) is 3.34. The first-order valence-electron chi connectivity index (χ1n) is 9.11. The van der Waals surface area contributed by atoms with Crippen LogP contribution < -0.4 is 0 Å². The number of carbonyl (C=O) groups excluding carboxylic acids is 1. The first-order chi connectivity index (χ1) is 12.1. The third kappa shape index (κ3) is 3.44. The third-order valence-corrected chi connectivity index (χ3v) is 5.17. The molecule has 1 amide bonds. The van der Waals surface area contributed by atoms with Crippen LogP contribution in [0.2, 0.25) is 0 Å². The number of hydrogen-bond donors (Lipinski definition) is 0. The van der Waals surface area contributed by atoms with Crippen LogP contribution in [0.3, 0.4) is 0 Å². The Labute approximate surface area is 148 Å². The molecule has 0 bridgehead atoms. The predicted octanol–water partition coefficient (Wildman–Crippen LogP) is 2.13. The molecule has 2 heterocycles. The smallest absolute Gasteiger partial charge is 0.256 e. The Morgan fingerprint density at radius 1 is 1.12 bits per heavy atom. The van der Waals surface area contributed by atoms with E-state index in [1.165, 1.54) is 12.8 Å². The lowest BCUT2D eigenvalue weighted by atomic mass is 10.1. The van der Waals surface area contributed by atoms with Gasteiger partial charge < -0.3 is 4.90 Å². The van der Waals surface area contributed by atoms with Gasteiger partial charge in [0.05, 0.1) is 11.3 Å². The van der Waals surface area contributed by atoms with Crippen LogP contribution in [0.5, 0.6) is 0 Å². The molecular weight excluding hydrogens is 314 g/mol. The molecule has 0 unspecified atom stereocenters. The molecule has 25 heavy (non-hydrogen) atoms. The minimum absolute atomic E-state index is 0.108. The van der Waals surface area contributed by atoms with Gasteiger partial charge in [-0.25, -0.2) is 0 Å². The molecule has 132 valence electrons. The van der Waals surface area contributed by atoms with Crippen LogP contribution in [-0.4, -0.2) is 62.7 Å². The summed E-state index contributed by atoms with van der Waals surface area (Å²) >= 11 is 0. The fourth-order valence-electron chi connectivity index (χ4n) is 3.76. The summed E-state index contributed by atoms with van der Waals surface area (Å²) in [5, 5.41) is 7.76. The SMILES string of the molecule is Cc1ccc(-n2cnnc2)c(C(=O)N2CCN(C3CC3)C[C@H](C)C2)c1. The van der Waals surface area contributed by atoms with Gasteiger partial charge in [0.1, 0.15) is 12.7 Å². The molecule has 6 nitrogen and oxygen atoms in total. The van der Waals surface area contributed by atoms with Crippen LogP contribution in [0.25, 0.3) is 5.69 Å². The zero-order valence-corrected chi connectivity index (χ0v) is 14.9. The Morgan fingerprint density at radius 2 is 1.88 bits per heavy atom. The van der Waals surface area contributed by atoms with Crippen molar-refractivity contribution in [2.45, 2.75) is 32.7 Å². The van der Waals surface area contributed by atoms with Crippen molar-refractivity contribution >= 4 is 5.91 Å². The zero-order chi connectivity index (χ0) is 17.4. The second-order valence-electron chi connectivity index (χ2n) is 7.47. The van der Waals surface area contributed by atoms with Crippen molar-refractivity contribution in [2.75, 3.05) is 26.2 Å². The number of nitrogens with zero attached hydrogens (tertiary/aromatic N) is 5. The first-order valence-corrected chi connectivity index (χ1v) is 9.11. The summed E-state index contributed by atoms with van der Waals surface area (Å²) in [6.45, 7) is 7.96. The Kier molecular flexibility index (Phi) is 4.29.